The molecule has 0 radical (unpaired) electrons. The zero-order valence-corrected chi connectivity index (χ0v) is 23.3. The van der Waals surface area contributed by atoms with Crippen LogP contribution in [0.2, 0.25) is 0 Å². The van der Waals surface area contributed by atoms with Crippen LogP contribution in [-0.4, -0.2) is 71.8 Å². The summed E-state index contributed by atoms with van der Waals surface area (Å²) in [5.74, 6) is 1.90. The number of hydrogen-bond donors (Lipinski definition) is 0. The van der Waals surface area contributed by atoms with E-state index in [9.17, 15) is 0 Å². The number of aryl methyl sites for hydroxylation is 1. The minimum absolute atomic E-state index is 0.740. The summed E-state index contributed by atoms with van der Waals surface area (Å²) in [6.07, 6.45) is 8.01. The van der Waals surface area contributed by atoms with Crippen molar-refractivity contribution < 1.29 is 9.47 Å². The van der Waals surface area contributed by atoms with Crippen molar-refractivity contribution in [3.8, 4) is 22.9 Å². The van der Waals surface area contributed by atoms with Gasteiger partial charge in [-0.3, -0.25) is 9.80 Å². The van der Waals surface area contributed by atoms with E-state index in [1.165, 1.54) is 97.8 Å². The Morgan fingerprint density at radius 2 is 1.38 bits per heavy atom. The lowest BCUT2D eigenvalue weighted by molar-refractivity contribution is 0.183. The number of ether oxygens (including phenoxy) is 2. The number of benzene rings is 2. The first-order valence-corrected chi connectivity index (χ1v) is 15.0. The third-order valence-corrected chi connectivity index (χ3v) is 9.02. The van der Waals surface area contributed by atoms with E-state index >= 15 is 0 Å². The minimum atomic E-state index is 0.740. The second-order valence-corrected chi connectivity index (χ2v) is 11.6. The SMILES string of the molecule is Cc1c2c(nc3ccc(OCCN4CCCCC4)cc13)-c1cc3cc(OCCN4CCCCC4)ccc3n1C2. The van der Waals surface area contributed by atoms with E-state index in [4.69, 9.17) is 14.5 Å². The molecule has 0 amide bonds. The molecule has 0 unspecified atom stereocenters. The maximum absolute atomic E-state index is 6.18. The van der Waals surface area contributed by atoms with E-state index in [2.05, 4.69) is 63.8 Å². The van der Waals surface area contributed by atoms with E-state index in [-0.39, 0.29) is 0 Å². The molecule has 5 heterocycles. The van der Waals surface area contributed by atoms with E-state index < -0.39 is 0 Å². The van der Waals surface area contributed by atoms with E-state index in [0.29, 0.717) is 0 Å². The van der Waals surface area contributed by atoms with Gasteiger partial charge >= 0.3 is 0 Å². The van der Waals surface area contributed by atoms with Crippen LogP contribution in [0.25, 0.3) is 33.2 Å². The fraction of sp³-hybridized carbons (Fsp3) is 0.485. The van der Waals surface area contributed by atoms with Crippen LogP contribution < -0.4 is 9.47 Å². The maximum atomic E-state index is 6.18. The molecule has 0 bridgehead atoms. The van der Waals surface area contributed by atoms with Gasteiger partial charge in [-0.25, -0.2) is 4.98 Å². The van der Waals surface area contributed by atoms with Gasteiger partial charge in [0.1, 0.15) is 24.7 Å². The van der Waals surface area contributed by atoms with Crippen molar-refractivity contribution >= 4 is 21.8 Å². The molecule has 4 aromatic rings. The number of fused-ring (bicyclic) bond motifs is 6. The molecule has 39 heavy (non-hydrogen) atoms. The molecule has 3 aliphatic rings. The number of nitrogens with zero attached hydrogens (tertiary/aromatic N) is 4. The Balaban J connectivity index is 1.07. The Labute approximate surface area is 231 Å². The highest BCUT2D eigenvalue weighted by atomic mass is 16.5. The van der Waals surface area contributed by atoms with E-state index in [0.717, 1.165) is 55.6 Å². The highest BCUT2D eigenvalue weighted by Gasteiger charge is 2.26. The van der Waals surface area contributed by atoms with Gasteiger partial charge in [-0.05, 0) is 107 Å². The molecule has 3 aliphatic heterocycles. The summed E-state index contributed by atoms with van der Waals surface area (Å²) in [5, 5.41) is 2.42. The summed E-state index contributed by atoms with van der Waals surface area (Å²) in [5.41, 5.74) is 7.24. The number of hydrogen-bond acceptors (Lipinski definition) is 5. The number of pyridine rings is 1. The summed E-state index contributed by atoms with van der Waals surface area (Å²) in [4.78, 5) is 10.2. The smallest absolute Gasteiger partial charge is 0.120 e. The fourth-order valence-corrected chi connectivity index (χ4v) is 6.75. The van der Waals surface area contributed by atoms with Crippen molar-refractivity contribution in [2.75, 3.05) is 52.5 Å². The highest BCUT2D eigenvalue weighted by Crippen LogP contribution is 2.40. The molecular weight excluding hydrogens is 484 g/mol. The summed E-state index contributed by atoms with van der Waals surface area (Å²) in [7, 11) is 0. The predicted octanol–water partition coefficient (Wildman–Crippen LogP) is 6.26. The first kappa shape index (κ1) is 24.9. The molecule has 0 saturated carbocycles. The van der Waals surface area contributed by atoms with Crippen LogP contribution in [0.4, 0.5) is 0 Å². The van der Waals surface area contributed by atoms with Gasteiger partial charge in [0.15, 0.2) is 0 Å². The van der Waals surface area contributed by atoms with Crippen molar-refractivity contribution in [2.24, 2.45) is 0 Å². The molecule has 7 rings (SSSR count). The molecular formula is C33H40N4O2. The average molecular weight is 525 g/mol. The Morgan fingerprint density at radius 3 is 2.08 bits per heavy atom. The van der Waals surface area contributed by atoms with Crippen LogP contribution in [0.1, 0.15) is 49.7 Å². The van der Waals surface area contributed by atoms with Gasteiger partial charge < -0.3 is 14.0 Å². The standard InChI is InChI=1S/C33H40N4O2/c1-24-28-22-27(39-19-17-36-14-6-3-7-15-36)8-10-30(28)34-33-29(24)23-37-31-11-9-26(20-25(31)21-32(33)37)38-18-16-35-12-4-2-5-13-35/h8-11,20-22H,2-7,12-19,23H2,1H3. The molecule has 204 valence electrons. The minimum Gasteiger partial charge on any atom is -0.492 e. The zero-order chi connectivity index (χ0) is 26.2. The Hall–Kier alpha value is -3.09. The molecule has 2 fully saturated rings. The van der Waals surface area contributed by atoms with Gasteiger partial charge in [0.25, 0.3) is 0 Å². The Morgan fingerprint density at radius 1 is 0.744 bits per heavy atom. The third-order valence-electron chi connectivity index (χ3n) is 9.02. The second-order valence-electron chi connectivity index (χ2n) is 11.6. The first-order valence-electron chi connectivity index (χ1n) is 15.0. The molecule has 0 N–H and O–H groups in total. The van der Waals surface area contributed by atoms with Gasteiger partial charge in [0.05, 0.1) is 23.4 Å². The van der Waals surface area contributed by atoms with Crippen LogP contribution in [0.5, 0.6) is 11.5 Å². The first-order chi connectivity index (χ1) is 19.2. The summed E-state index contributed by atoms with van der Waals surface area (Å²) < 4.78 is 14.7. The monoisotopic (exact) mass is 524 g/mol. The topological polar surface area (TPSA) is 42.8 Å². The molecule has 2 aromatic heterocycles. The van der Waals surface area contributed by atoms with Gasteiger partial charge in [0, 0.05) is 34.9 Å². The summed E-state index contributed by atoms with van der Waals surface area (Å²) in [6, 6.07) is 15.2. The Kier molecular flexibility index (Phi) is 6.91. The maximum Gasteiger partial charge on any atom is 0.120 e. The van der Waals surface area contributed by atoms with E-state index in [1.807, 2.05) is 0 Å². The quantitative estimate of drug-likeness (QED) is 0.240. The number of piperidine rings is 2. The van der Waals surface area contributed by atoms with Crippen LogP contribution in [0, 0.1) is 6.92 Å². The lowest BCUT2D eigenvalue weighted by atomic mass is 10.0. The molecule has 0 spiro atoms. The van der Waals surface area contributed by atoms with Gasteiger partial charge in [-0.2, -0.15) is 0 Å². The van der Waals surface area contributed by atoms with Gasteiger partial charge in [-0.1, -0.05) is 12.8 Å². The fourth-order valence-electron chi connectivity index (χ4n) is 6.75. The predicted molar refractivity (Wildman–Crippen MR) is 158 cm³/mol. The van der Waals surface area contributed by atoms with Crippen molar-refractivity contribution in [1.82, 2.24) is 19.4 Å². The molecule has 0 atom stereocenters. The van der Waals surface area contributed by atoms with Crippen molar-refractivity contribution in [3.63, 3.8) is 0 Å². The summed E-state index contributed by atoms with van der Waals surface area (Å²) >= 11 is 0. The van der Waals surface area contributed by atoms with Crippen LogP contribution >= 0.6 is 0 Å². The largest absolute Gasteiger partial charge is 0.492 e. The molecule has 2 aromatic carbocycles. The van der Waals surface area contributed by atoms with Gasteiger partial charge in [-0.15, -0.1) is 0 Å². The lowest BCUT2D eigenvalue weighted by Crippen LogP contribution is -2.33. The van der Waals surface area contributed by atoms with Crippen molar-refractivity contribution in [3.05, 3.63) is 53.6 Å². The normalized spacial score (nSPS) is 18.0. The third kappa shape index (κ3) is 5.01. The Bertz CT molecular complexity index is 1480. The van der Waals surface area contributed by atoms with Crippen LogP contribution in [0.3, 0.4) is 0 Å². The average Bonchev–Trinajstić information content (AvgIpc) is 3.51. The molecule has 2 saturated heterocycles. The zero-order valence-electron chi connectivity index (χ0n) is 23.3. The molecule has 6 nitrogen and oxygen atoms in total. The molecule has 6 heteroatoms. The van der Waals surface area contributed by atoms with Crippen molar-refractivity contribution in [1.29, 1.82) is 0 Å². The van der Waals surface area contributed by atoms with E-state index in [1.54, 1.807) is 0 Å². The number of aromatic nitrogens is 2. The van der Waals surface area contributed by atoms with Crippen LogP contribution in [-0.2, 0) is 6.54 Å². The summed E-state index contributed by atoms with van der Waals surface area (Å²) in [6.45, 7) is 11.4. The lowest BCUT2D eigenvalue weighted by Gasteiger charge is -2.26. The van der Waals surface area contributed by atoms with Crippen LogP contribution in [0.15, 0.2) is 42.5 Å². The number of rotatable bonds is 8. The number of likely N-dealkylation sites (tertiary alicyclic amines) is 2. The van der Waals surface area contributed by atoms with Crippen molar-refractivity contribution in [2.45, 2.75) is 52.0 Å². The highest BCUT2D eigenvalue weighted by molar-refractivity contribution is 5.94. The second kappa shape index (κ2) is 10.8. The molecule has 0 aliphatic carbocycles. The van der Waals surface area contributed by atoms with Gasteiger partial charge in [0.2, 0.25) is 0 Å².